The second-order valence-electron chi connectivity index (χ2n) is 1.98. The van der Waals surface area contributed by atoms with E-state index in [1.807, 2.05) is 6.07 Å². The lowest BCUT2D eigenvalue weighted by molar-refractivity contribution is 0.112. The van der Waals surface area contributed by atoms with Crippen LogP contribution in [0.1, 0.15) is 15.9 Å². The van der Waals surface area contributed by atoms with Crippen molar-refractivity contribution in [2.24, 2.45) is 0 Å². The van der Waals surface area contributed by atoms with Crippen molar-refractivity contribution in [3.05, 3.63) is 35.4 Å². The van der Waals surface area contributed by atoms with Gasteiger partial charge < -0.3 is 0 Å². The highest BCUT2D eigenvalue weighted by Gasteiger charge is 1.89. The zero-order valence-corrected chi connectivity index (χ0v) is 6.64. The van der Waals surface area contributed by atoms with Crippen LogP contribution in [0.15, 0.2) is 24.3 Å². The van der Waals surface area contributed by atoms with Gasteiger partial charge in [-0.2, -0.15) is 0 Å². The van der Waals surface area contributed by atoms with Gasteiger partial charge in [-0.3, -0.25) is 4.79 Å². The Hall–Kier alpha value is -1.20. The summed E-state index contributed by atoms with van der Waals surface area (Å²) in [5.41, 5.74) is 1.45. The third kappa shape index (κ3) is 2.14. The van der Waals surface area contributed by atoms with Gasteiger partial charge in [-0.1, -0.05) is 30.7 Å². The van der Waals surface area contributed by atoms with E-state index in [0.29, 0.717) is 5.56 Å². The SMILES string of the molecule is O=Cc1cccc(C#CS)c1. The van der Waals surface area contributed by atoms with Gasteiger partial charge in [-0.25, -0.2) is 0 Å². The molecule has 2 heteroatoms. The highest BCUT2D eigenvalue weighted by molar-refractivity contribution is 7.85. The fourth-order valence-electron chi connectivity index (χ4n) is 0.754. The molecule has 0 saturated heterocycles. The van der Waals surface area contributed by atoms with Gasteiger partial charge in [0, 0.05) is 11.1 Å². The van der Waals surface area contributed by atoms with Crippen LogP contribution in [0.2, 0.25) is 0 Å². The predicted octanol–water partition coefficient (Wildman–Crippen LogP) is 1.74. The molecule has 1 aromatic rings. The van der Waals surface area contributed by atoms with Gasteiger partial charge in [-0.15, -0.1) is 0 Å². The summed E-state index contributed by atoms with van der Waals surface area (Å²) in [5.74, 6) is 2.74. The summed E-state index contributed by atoms with van der Waals surface area (Å²) in [6.07, 6.45) is 0.795. The van der Waals surface area contributed by atoms with Crippen LogP contribution in [0.4, 0.5) is 0 Å². The normalized spacial score (nSPS) is 8.09. The monoisotopic (exact) mass is 162 g/mol. The number of carbonyl (C=O) groups excluding carboxylic acids is 1. The number of hydrogen-bond donors (Lipinski definition) is 1. The highest BCUT2D eigenvalue weighted by atomic mass is 32.1. The van der Waals surface area contributed by atoms with Crippen molar-refractivity contribution in [1.29, 1.82) is 0 Å². The van der Waals surface area contributed by atoms with Gasteiger partial charge in [0.25, 0.3) is 0 Å². The Labute approximate surface area is 70.8 Å². The summed E-state index contributed by atoms with van der Waals surface area (Å²) < 4.78 is 0. The summed E-state index contributed by atoms with van der Waals surface area (Å²) in [6, 6.07) is 7.07. The summed E-state index contributed by atoms with van der Waals surface area (Å²) in [5, 5.41) is 2.46. The molecule has 54 valence electrons. The summed E-state index contributed by atoms with van der Waals surface area (Å²) in [6.45, 7) is 0. The maximum atomic E-state index is 10.3. The maximum absolute atomic E-state index is 10.3. The van der Waals surface area contributed by atoms with Crippen molar-refractivity contribution in [2.45, 2.75) is 0 Å². The lowest BCUT2D eigenvalue weighted by atomic mass is 10.1. The largest absolute Gasteiger partial charge is 0.298 e. The van der Waals surface area contributed by atoms with E-state index in [1.165, 1.54) is 0 Å². The first-order valence-corrected chi connectivity index (χ1v) is 3.52. The Morgan fingerprint density at radius 2 is 2.27 bits per heavy atom. The van der Waals surface area contributed by atoms with E-state index in [1.54, 1.807) is 18.2 Å². The molecule has 1 aromatic carbocycles. The predicted molar refractivity (Wildman–Crippen MR) is 47.7 cm³/mol. The average molecular weight is 162 g/mol. The lowest BCUT2D eigenvalue weighted by Gasteiger charge is -1.89. The van der Waals surface area contributed by atoms with Crippen LogP contribution >= 0.6 is 12.6 Å². The molecule has 1 nitrogen and oxygen atoms in total. The number of carbonyl (C=O) groups is 1. The molecule has 0 aliphatic carbocycles. The van der Waals surface area contributed by atoms with Crippen LogP contribution < -0.4 is 0 Å². The zero-order chi connectivity index (χ0) is 8.10. The van der Waals surface area contributed by atoms with Crippen molar-refractivity contribution < 1.29 is 4.79 Å². The summed E-state index contributed by atoms with van der Waals surface area (Å²) in [7, 11) is 0. The third-order valence-electron chi connectivity index (χ3n) is 1.22. The number of benzene rings is 1. The molecule has 0 unspecified atom stereocenters. The van der Waals surface area contributed by atoms with Crippen LogP contribution in [0.3, 0.4) is 0 Å². The minimum absolute atomic E-state index is 0.638. The van der Waals surface area contributed by atoms with Gasteiger partial charge >= 0.3 is 0 Å². The molecule has 0 saturated carbocycles. The summed E-state index contributed by atoms with van der Waals surface area (Å²) >= 11 is 3.75. The quantitative estimate of drug-likeness (QED) is 0.378. The lowest BCUT2D eigenvalue weighted by Crippen LogP contribution is -1.79. The van der Waals surface area contributed by atoms with Crippen molar-refractivity contribution in [3.63, 3.8) is 0 Å². The first-order chi connectivity index (χ1) is 5.36. The van der Waals surface area contributed by atoms with E-state index in [4.69, 9.17) is 0 Å². The van der Waals surface area contributed by atoms with Crippen molar-refractivity contribution in [2.75, 3.05) is 0 Å². The second kappa shape index (κ2) is 3.85. The summed E-state index contributed by atoms with van der Waals surface area (Å²) in [4.78, 5) is 10.3. The van der Waals surface area contributed by atoms with Gasteiger partial charge in [0.1, 0.15) is 6.29 Å². The molecule has 0 atom stereocenters. The Bertz CT molecular complexity index is 320. The first-order valence-electron chi connectivity index (χ1n) is 3.07. The second-order valence-corrected chi connectivity index (χ2v) is 2.20. The van der Waals surface area contributed by atoms with E-state index in [9.17, 15) is 4.79 Å². The molecule has 0 bridgehead atoms. The van der Waals surface area contributed by atoms with Gasteiger partial charge in [0.2, 0.25) is 0 Å². The van der Waals surface area contributed by atoms with Crippen molar-refractivity contribution in [1.82, 2.24) is 0 Å². The van der Waals surface area contributed by atoms with E-state index >= 15 is 0 Å². The van der Waals surface area contributed by atoms with Crippen LogP contribution in [-0.2, 0) is 0 Å². The Balaban J connectivity index is 3.06. The maximum Gasteiger partial charge on any atom is 0.150 e. The molecule has 11 heavy (non-hydrogen) atoms. The molecule has 1 rings (SSSR count). The first kappa shape index (κ1) is 7.90. The molecule has 0 aliphatic heterocycles. The Morgan fingerprint density at radius 1 is 1.45 bits per heavy atom. The molecular formula is C9H6OS. The number of hydrogen-bond acceptors (Lipinski definition) is 2. The van der Waals surface area contributed by atoms with E-state index in [2.05, 4.69) is 23.8 Å². The molecule has 0 radical (unpaired) electrons. The smallest absolute Gasteiger partial charge is 0.150 e. The van der Waals surface area contributed by atoms with Crippen LogP contribution in [0.25, 0.3) is 0 Å². The van der Waals surface area contributed by atoms with Crippen LogP contribution in [0.5, 0.6) is 0 Å². The van der Waals surface area contributed by atoms with Crippen LogP contribution in [-0.4, -0.2) is 6.29 Å². The molecule has 0 aliphatic rings. The molecule has 0 spiro atoms. The molecular weight excluding hydrogens is 156 g/mol. The Kier molecular flexibility index (Phi) is 2.76. The molecule has 0 fully saturated rings. The number of thiol groups is 1. The van der Waals surface area contributed by atoms with Crippen molar-refractivity contribution >= 4 is 18.9 Å². The van der Waals surface area contributed by atoms with Gasteiger partial charge in [0.05, 0.1) is 0 Å². The minimum atomic E-state index is 0.638. The molecule has 0 amide bonds. The van der Waals surface area contributed by atoms with E-state index < -0.39 is 0 Å². The van der Waals surface area contributed by atoms with Crippen LogP contribution in [0, 0.1) is 11.2 Å². The van der Waals surface area contributed by atoms with E-state index in [-0.39, 0.29) is 0 Å². The molecule has 0 N–H and O–H groups in total. The highest BCUT2D eigenvalue weighted by Crippen LogP contribution is 2.00. The standard InChI is InChI=1S/C9H6OS/c10-7-9-3-1-2-8(6-9)4-5-11/h1-3,6-7,11H. The van der Waals surface area contributed by atoms with Crippen molar-refractivity contribution in [3.8, 4) is 11.2 Å². The zero-order valence-electron chi connectivity index (χ0n) is 5.74. The fourth-order valence-corrected chi connectivity index (χ4v) is 0.883. The fraction of sp³-hybridized carbons (Fsp3) is 0. The molecule has 0 heterocycles. The topological polar surface area (TPSA) is 17.1 Å². The van der Waals surface area contributed by atoms with Gasteiger partial charge in [0.15, 0.2) is 0 Å². The Morgan fingerprint density at radius 3 is 2.91 bits per heavy atom. The third-order valence-corrected chi connectivity index (χ3v) is 1.33. The number of aldehydes is 1. The van der Waals surface area contributed by atoms with Gasteiger partial charge in [-0.05, 0) is 17.4 Å². The molecule has 0 aromatic heterocycles. The number of rotatable bonds is 1. The minimum Gasteiger partial charge on any atom is -0.298 e. The average Bonchev–Trinajstić information content (AvgIpc) is 2.06. The van der Waals surface area contributed by atoms with E-state index in [0.717, 1.165) is 11.8 Å².